The molecule has 2 heterocycles. The molecule has 0 amide bonds. The molecule has 2 aliphatic carbocycles. The SMILES string of the molecule is Cc1cc(CC2(Cc3ccnc(C)c3)C=CC3=CC=CC3=C2)ccn1. The van der Waals surface area contributed by atoms with Gasteiger partial charge in [-0.25, -0.2) is 0 Å². The van der Waals surface area contributed by atoms with Gasteiger partial charge in [0.1, 0.15) is 0 Å². The number of allylic oxidation sites excluding steroid dienone is 8. The molecule has 0 aliphatic heterocycles. The second kappa shape index (κ2) is 6.29. The maximum absolute atomic E-state index is 4.34. The van der Waals surface area contributed by atoms with Crippen LogP contribution in [0.2, 0.25) is 0 Å². The van der Waals surface area contributed by atoms with E-state index >= 15 is 0 Å². The third-order valence-corrected chi connectivity index (χ3v) is 4.91. The third-order valence-electron chi connectivity index (χ3n) is 4.91. The summed E-state index contributed by atoms with van der Waals surface area (Å²) in [7, 11) is 0. The number of pyridine rings is 2. The molecular formula is C23H22N2. The van der Waals surface area contributed by atoms with E-state index < -0.39 is 0 Å². The van der Waals surface area contributed by atoms with E-state index in [2.05, 4.69) is 84.5 Å². The third kappa shape index (κ3) is 3.39. The van der Waals surface area contributed by atoms with E-state index in [1.165, 1.54) is 22.3 Å². The summed E-state index contributed by atoms with van der Waals surface area (Å²) in [6, 6.07) is 8.66. The van der Waals surface area contributed by atoms with Crippen LogP contribution in [0.4, 0.5) is 0 Å². The fourth-order valence-corrected chi connectivity index (χ4v) is 3.82. The van der Waals surface area contributed by atoms with Gasteiger partial charge in [-0.15, -0.1) is 0 Å². The molecule has 2 aliphatic rings. The number of nitrogens with zero attached hydrogens (tertiary/aromatic N) is 2. The van der Waals surface area contributed by atoms with Crippen molar-refractivity contribution in [2.24, 2.45) is 5.41 Å². The zero-order chi connectivity index (χ0) is 17.3. The van der Waals surface area contributed by atoms with Crippen molar-refractivity contribution in [3.63, 3.8) is 0 Å². The standard InChI is InChI=1S/C23H22N2/c1-17-12-19(7-10-24-17)14-23(15-20-8-11-25-18(2)13-20)9-6-21-4-3-5-22(21)16-23/h3-13,16H,14-15H2,1-2H3. The van der Waals surface area contributed by atoms with Gasteiger partial charge in [0.05, 0.1) is 0 Å². The Morgan fingerprint density at radius 3 is 2.08 bits per heavy atom. The molecule has 25 heavy (non-hydrogen) atoms. The van der Waals surface area contributed by atoms with Gasteiger partial charge in [-0.05, 0) is 73.2 Å². The Hall–Kier alpha value is -2.74. The van der Waals surface area contributed by atoms with Gasteiger partial charge in [0.15, 0.2) is 0 Å². The van der Waals surface area contributed by atoms with Gasteiger partial charge in [0.25, 0.3) is 0 Å². The second-order valence-corrected chi connectivity index (χ2v) is 7.11. The first-order chi connectivity index (χ1) is 12.1. The molecule has 0 radical (unpaired) electrons. The minimum absolute atomic E-state index is 0.0249. The Morgan fingerprint density at radius 1 is 0.840 bits per heavy atom. The molecule has 2 aromatic heterocycles. The number of hydrogen-bond donors (Lipinski definition) is 0. The lowest BCUT2D eigenvalue weighted by Gasteiger charge is -2.32. The Labute approximate surface area is 149 Å². The summed E-state index contributed by atoms with van der Waals surface area (Å²) in [5.41, 5.74) is 7.42. The van der Waals surface area contributed by atoms with Crippen LogP contribution in [0.15, 0.2) is 84.3 Å². The van der Waals surface area contributed by atoms with E-state index in [1.54, 1.807) is 0 Å². The van der Waals surface area contributed by atoms with Gasteiger partial charge in [0, 0.05) is 29.2 Å². The molecule has 0 saturated heterocycles. The van der Waals surface area contributed by atoms with Crippen LogP contribution in [-0.2, 0) is 12.8 Å². The van der Waals surface area contributed by atoms with Crippen molar-refractivity contribution >= 4 is 0 Å². The predicted molar refractivity (Wildman–Crippen MR) is 102 cm³/mol. The van der Waals surface area contributed by atoms with Crippen molar-refractivity contribution in [1.82, 2.24) is 9.97 Å². The van der Waals surface area contributed by atoms with E-state index in [9.17, 15) is 0 Å². The number of aromatic nitrogens is 2. The zero-order valence-electron chi connectivity index (χ0n) is 14.7. The van der Waals surface area contributed by atoms with Gasteiger partial charge in [-0.2, -0.15) is 0 Å². The van der Waals surface area contributed by atoms with Gasteiger partial charge < -0.3 is 0 Å². The van der Waals surface area contributed by atoms with Gasteiger partial charge >= 0.3 is 0 Å². The average molecular weight is 326 g/mol. The molecule has 0 atom stereocenters. The quantitative estimate of drug-likeness (QED) is 0.802. The summed E-state index contributed by atoms with van der Waals surface area (Å²) in [6.07, 6.45) is 19.4. The fraction of sp³-hybridized carbons (Fsp3) is 0.217. The van der Waals surface area contributed by atoms with Gasteiger partial charge in [-0.3, -0.25) is 9.97 Å². The van der Waals surface area contributed by atoms with Crippen LogP contribution in [-0.4, -0.2) is 9.97 Å². The van der Waals surface area contributed by atoms with E-state index in [-0.39, 0.29) is 5.41 Å². The Balaban J connectivity index is 1.73. The summed E-state index contributed by atoms with van der Waals surface area (Å²) < 4.78 is 0. The van der Waals surface area contributed by atoms with E-state index in [0.717, 1.165) is 24.2 Å². The molecule has 0 N–H and O–H groups in total. The molecule has 0 fully saturated rings. The molecule has 2 heteroatoms. The van der Waals surface area contributed by atoms with E-state index in [1.807, 2.05) is 12.4 Å². The first kappa shape index (κ1) is 15.8. The highest BCUT2D eigenvalue weighted by Crippen LogP contribution is 2.39. The van der Waals surface area contributed by atoms with Crippen molar-refractivity contribution in [3.05, 3.63) is 107 Å². The van der Waals surface area contributed by atoms with Crippen LogP contribution in [0.5, 0.6) is 0 Å². The normalized spacial score (nSPS) is 17.2. The minimum Gasteiger partial charge on any atom is -0.262 e. The fourth-order valence-electron chi connectivity index (χ4n) is 3.82. The number of fused-ring (bicyclic) bond motifs is 1. The smallest absolute Gasteiger partial charge is 0.0375 e. The van der Waals surface area contributed by atoms with E-state index in [4.69, 9.17) is 0 Å². The molecule has 2 aromatic rings. The molecule has 2 nitrogen and oxygen atoms in total. The van der Waals surface area contributed by atoms with Crippen LogP contribution in [0.25, 0.3) is 0 Å². The zero-order valence-corrected chi connectivity index (χ0v) is 14.7. The van der Waals surface area contributed by atoms with Gasteiger partial charge in [-0.1, -0.05) is 36.5 Å². The van der Waals surface area contributed by atoms with Gasteiger partial charge in [0.2, 0.25) is 0 Å². The number of aryl methyl sites for hydroxylation is 2. The highest BCUT2D eigenvalue weighted by molar-refractivity contribution is 5.58. The largest absolute Gasteiger partial charge is 0.262 e. The first-order valence-electron chi connectivity index (χ1n) is 8.76. The number of rotatable bonds is 4. The Morgan fingerprint density at radius 2 is 1.48 bits per heavy atom. The average Bonchev–Trinajstić information content (AvgIpc) is 3.02. The molecule has 0 unspecified atom stereocenters. The van der Waals surface area contributed by atoms with Crippen molar-refractivity contribution < 1.29 is 0 Å². The van der Waals surface area contributed by atoms with Crippen molar-refractivity contribution in [2.45, 2.75) is 26.7 Å². The van der Waals surface area contributed by atoms with Crippen molar-refractivity contribution in [3.8, 4) is 0 Å². The topological polar surface area (TPSA) is 25.8 Å². The first-order valence-corrected chi connectivity index (χ1v) is 8.76. The lowest BCUT2D eigenvalue weighted by atomic mass is 9.72. The molecule has 0 saturated carbocycles. The Bertz CT molecular complexity index is 881. The molecule has 0 aromatic carbocycles. The molecule has 4 rings (SSSR count). The molecular weight excluding hydrogens is 304 g/mol. The minimum atomic E-state index is -0.0249. The molecule has 124 valence electrons. The Kier molecular flexibility index (Phi) is 3.96. The molecule has 0 bridgehead atoms. The monoisotopic (exact) mass is 326 g/mol. The van der Waals surface area contributed by atoms with E-state index in [0.29, 0.717) is 0 Å². The maximum atomic E-state index is 4.34. The summed E-state index contributed by atoms with van der Waals surface area (Å²) in [4.78, 5) is 8.68. The van der Waals surface area contributed by atoms with Crippen LogP contribution < -0.4 is 0 Å². The molecule has 0 spiro atoms. The highest BCUT2D eigenvalue weighted by atomic mass is 14.7. The lowest BCUT2D eigenvalue weighted by molar-refractivity contribution is 0.479. The van der Waals surface area contributed by atoms with Crippen LogP contribution in [0.3, 0.4) is 0 Å². The predicted octanol–water partition coefficient (Wildman–Crippen LogP) is 4.86. The van der Waals surface area contributed by atoms with Crippen LogP contribution in [0, 0.1) is 19.3 Å². The maximum Gasteiger partial charge on any atom is 0.0375 e. The highest BCUT2D eigenvalue weighted by Gasteiger charge is 2.30. The summed E-state index contributed by atoms with van der Waals surface area (Å²) in [5, 5.41) is 0. The summed E-state index contributed by atoms with van der Waals surface area (Å²) >= 11 is 0. The second-order valence-electron chi connectivity index (χ2n) is 7.11. The van der Waals surface area contributed by atoms with Crippen LogP contribution in [0.1, 0.15) is 22.5 Å². The van der Waals surface area contributed by atoms with Crippen LogP contribution >= 0.6 is 0 Å². The summed E-state index contributed by atoms with van der Waals surface area (Å²) in [6.45, 7) is 4.11. The number of hydrogen-bond acceptors (Lipinski definition) is 2. The lowest BCUT2D eigenvalue weighted by Crippen LogP contribution is -2.24. The van der Waals surface area contributed by atoms with Crippen molar-refractivity contribution in [1.29, 1.82) is 0 Å². The van der Waals surface area contributed by atoms with Crippen molar-refractivity contribution in [2.75, 3.05) is 0 Å². The summed E-state index contributed by atoms with van der Waals surface area (Å²) in [5.74, 6) is 0.